The molecule has 1 atom stereocenters. The second-order valence-corrected chi connectivity index (χ2v) is 7.85. The quantitative estimate of drug-likeness (QED) is 0.498. The number of carbonyl (C=O) groups excluding carboxylic acids is 1. The summed E-state index contributed by atoms with van der Waals surface area (Å²) in [5.41, 5.74) is 2.74. The maximum Gasteiger partial charge on any atom is 0.270 e. The third-order valence-electron chi connectivity index (χ3n) is 4.26. The van der Waals surface area contributed by atoms with Crippen LogP contribution >= 0.6 is 24.0 Å². The maximum absolute atomic E-state index is 13.0. The summed E-state index contributed by atoms with van der Waals surface area (Å²) in [7, 11) is 0. The van der Waals surface area contributed by atoms with Crippen molar-refractivity contribution in [2.45, 2.75) is 33.3 Å². The number of hydrogen-bond donors (Lipinski definition) is 0. The predicted octanol–water partition coefficient (Wildman–Crippen LogP) is 5.58. The molecule has 0 bridgehead atoms. The van der Waals surface area contributed by atoms with Gasteiger partial charge in [-0.3, -0.25) is 9.69 Å². The van der Waals surface area contributed by atoms with E-state index in [2.05, 4.69) is 6.92 Å². The normalized spacial score (nSPS) is 17.0. The lowest BCUT2D eigenvalue weighted by Gasteiger charge is -2.17. The summed E-state index contributed by atoms with van der Waals surface area (Å²) in [4.78, 5) is 15.2. The van der Waals surface area contributed by atoms with Crippen molar-refractivity contribution in [1.82, 2.24) is 0 Å². The fraction of sp³-hybridized carbons (Fsp3) is 0.238. The van der Waals surface area contributed by atoms with Crippen LogP contribution in [0.15, 0.2) is 53.4 Å². The first-order valence-electron chi connectivity index (χ1n) is 8.60. The zero-order valence-electron chi connectivity index (χ0n) is 15.1. The van der Waals surface area contributed by atoms with E-state index >= 15 is 0 Å². The summed E-state index contributed by atoms with van der Waals surface area (Å²) in [6, 6.07) is 15.5. The van der Waals surface area contributed by atoms with E-state index in [1.165, 1.54) is 11.8 Å². The molecule has 0 saturated carbocycles. The molecule has 0 spiro atoms. The minimum absolute atomic E-state index is 0.0901. The molecule has 2 aromatic carbocycles. The lowest BCUT2D eigenvalue weighted by atomic mass is 10.1. The average Bonchev–Trinajstić information content (AvgIpc) is 2.91. The van der Waals surface area contributed by atoms with Gasteiger partial charge in [0.05, 0.1) is 16.7 Å². The molecule has 0 aliphatic carbocycles. The maximum atomic E-state index is 13.0. The Morgan fingerprint density at radius 3 is 2.62 bits per heavy atom. The van der Waals surface area contributed by atoms with E-state index < -0.39 is 0 Å². The molecule has 3 rings (SSSR count). The fourth-order valence-corrected chi connectivity index (χ4v) is 3.91. The summed E-state index contributed by atoms with van der Waals surface area (Å²) in [5, 5.41) is 0. The van der Waals surface area contributed by atoms with Crippen LogP contribution in [0, 0.1) is 6.92 Å². The van der Waals surface area contributed by atoms with E-state index in [-0.39, 0.29) is 12.0 Å². The van der Waals surface area contributed by atoms with Gasteiger partial charge in [-0.1, -0.05) is 67.3 Å². The van der Waals surface area contributed by atoms with Gasteiger partial charge in [0.25, 0.3) is 5.91 Å². The van der Waals surface area contributed by atoms with Gasteiger partial charge in [-0.2, -0.15) is 0 Å². The fourth-order valence-electron chi connectivity index (χ4n) is 2.64. The van der Waals surface area contributed by atoms with E-state index in [0.29, 0.717) is 9.23 Å². The molecule has 134 valence electrons. The summed E-state index contributed by atoms with van der Waals surface area (Å²) < 4.78 is 6.54. The number of rotatable bonds is 5. The highest BCUT2D eigenvalue weighted by Gasteiger charge is 2.34. The average molecular weight is 384 g/mol. The number of aryl methyl sites for hydroxylation is 1. The highest BCUT2D eigenvalue weighted by Crippen LogP contribution is 2.38. The summed E-state index contributed by atoms with van der Waals surface area (Å²) >= 11 is 6.80. The zero-order valence-corrected chi connectivity index (χ0v) is 16.7. The molecule has 3 nitrogen and oxygen atoms in total. The molecule has 1 heterocycles. The molecule has 1 amide bonds. The van der Waals surface area contributed by atoms with Gasteiger partial charge < -0.3 is 4.74 Å². The van der Waals surface area contributed by atoms with Gasteiger partial charge in [-0.15, -0.1) is 0 Å². The van der Waals surface area contributed by atoms with Gasteiger partial charge in [-0.25, -0.2) is 0 Å². The monoisotopic (exact) mass is 383 g/mol. The Kier molecular flexibility index (Phi) is 5.79. The van der Waals surface area contributed by atoms with Crippen LogP contribution in [0.1, 0.15) is 31.4 Å². The molecule has 1 fully saturated rings. The van der Waals surface area contributed by atoms with Gasteiger partial charge in [0.15, 0.2) is 4.32 Å². The zero-order chi connectivity index (χ0) is 18.7. The molecule has 0 aromatic heterocycles. The molecule has 0 N–H and O–H groups in total. The smallest absolute Gasteiger partial charge is 0.270 e. The molecule has 1 saturated heterocycles. The second kappa shape index (κ2) is 8.06. The first kappa shape index (κ1) is 18.7. The van der Waals surface area contributed by atoms with Crippen molar-refractivity contribution in [3.05, 3.63) is 64.6 Å². The standard InChI is InChI=1S/C21H21NO2S2/c1-4-15(3)24-18-12-8-6-10-16(18)13-19-20(23)22(21(25)26-19)17-11-7-5-9-14(17)2/h5-13,15H,4H2,1-3H3/b19-13+/t15-/m1/s1. The number of thiocarbonyl (C=S) groups is 1. The van der Waals surface area contributed by atoms with Gasteiger partial charge in [0.1, 0.15) is 5.75 Å². The Hall–Kier alpha value is -2.11. The van der Waals surface area contributed by atoms with Crippen molar-refractivity contribution < 1.29 is 9.53 Å². The van der Waals surface area contributed by atoms with E-state index in [1.54, 1.807) is 4.90 Å². The summed E-state index contributed by atoms with van der Waals surface area (Å²) in [5.74, 6) is 0.690. The third kappa shape index (κ3) is 3.84. The molecule has 1 aliphatic heterocycles. The second-order valence-electron chi connectivity index (χ2n) is 6.18. The number of thioether (sulfide) groups is 1. The SMILES string of the molecule is CC[C@@H](C)Oc1ccccc1/C=C1/SC(=S)N(c2ccccc2C)C1=O. The van der Waals surface area contributed by atoms with Crippen LogP contribution < -0.4 is 9.64 Å². The number of ether oxygens (including phenoxy) is 1. The van der Waals surface area contributed by atoms with Crippen molar-refractivity contribution in [3.63, 3.8) is 0 Å². The minimum Gasteiger partial charge on any atom is -0.490 e. The number of carbonyl (C=O) groups is 1. The van der Waals surface area contributed by atoms with Gasteiger partial charge in [-0.05, 0) is 44.0 Å². The number of para-hydroxylation sites is 2. The largest absolute Gasteiger partial charge is 0.490 e. The molecule has 2 aromatic rings. The number of benzene rings is 2. The molecule has 1 aliphatic rings. The van der Waals surface area contributed by atoms with Crippen LogP contribution in [0.5, 0.6) is 5.75 Å². The molecule has 5 heteroatoms. The molecule has 26 heavy (non-hydrogen) atoms. The summed E-state index contributed by atoms with van der Waals surface area (Å²) in [6.07, 6.45) is 2.91. The summed E-state index contributed by atoms with van der Waals surface area (Å²) in [6.45, 7) is 6.10. The minimum atomic E-state index is -0.0901. The molecular weight excluding hydrogens is 362 g/mol. The number of amides is 1. The number of nitrogens with zero attached hydrogens (tertiary/aromatic N) is 1. The van der Waals surface area contributed by atoms with Gasteiger partial charge in [0.2, 0.25) is 0 Å². The van der Waals surface area contributed by atoms with Crippen LogP contribution in [0.3, 0.4) is 0 Å². The Labute approximate surface area is 164 Å². The first-order valence-corrected chi connectivity index (χ1v) is 9.83. The van der Waals surface area contributed by atoms with Crippen LogP contribution in [0.2, 0.25) is 0 Å². The molecule has 0 radical (unpaired) electrons. The van der Waals surface area contributed by atoms with E-state index in [9.17, 15) is 4.79 Å². The number of anilines is 1. The lowest BCUT2D eigenvalue weighted by molar-refractivity contribution is -0.113. The van der Waals surface area contributed by atoms with Crippen molar-refractivity contribution in [2.75, 3.05) is 4.90 Å². The third-order valence-corrected chi connectivity index (χ3v) is 5.56. The highest BCUT2D eigenvalue weighted by molar-refractivity contribution is 8.27. The van der Waals surface area contributed by atoms with Gasteiger partial charge >= 0.3 is 0 Å². The van der Waals surface area contributed by atoms with Crippen LogP contribution in [0.4, 0.5) is 5.69 Å². The highest BCUT2D eigenvalue weighted by atomic mass is 32.2. The van der Waals surface area contributed by atoms with Crippen molar-refractivity contribution in [3.8, 4) is 5.75 Å². The van der Waals surface area contributed by atoms with Crippen LogP contribution in [0.25, 0.3) is 6.08 Å². The van der Waals surface area contributed by atoms with Crippen molar-refractivity contribution in [1.29, 1.82) is 0 Å². The molecule has 0 unspecified atom stereocenters. The number of hydrogen-bond acceptors (Lipinski definition) is 4. The van der Waals surface area contributed by atoms with E-state index in [0.717, 1.165) is 29.0 Å². The van der Waals surface area contributed by atoms with Crippen LogP contribution in [-0.2, 0) is 4.79 Å². The van der Waals surface area contributed by atoms with Crippen molar-refractivity contribution in [2.24, 2.45) is 0 Å². The first-order chi connectivity index (χ1) is 12.5. The Morgan fingerprint density at radius 2 is 1.88 bits per heavy atom. The van der Waals surface area contributed by atoms with E-state index in [1.807, 2.05) is 68.5 Å². The topological polar surface area (TPSA) is 29.5 Å². The lowest BCUT2D eigenvalue weighted by Crippen LogP contribution is -2.28. The van der Waals surface area contributed by atoms with Crippen LogP contribution in [-0.4, -0.2) is 16.3 Å². The Balaban J connectivity index is 1.93. The Morgan fingerprint density at radius 1 is 1.19 bits per heavy atom. The van der Waals surface area contributed by atoms with Crippen molar-refractivity contribution >= 4 is 46.0 Å². The molecular formula is C21H21NO2S2. The Bertz CT molecular complexity index is 876. The predicted molar refractivity (Wildman–Crippen MR) is 114 cm³/mol. The van der Waals surface area contributed by atoms with E-state index in [4.69, 9.17) is 17.0 Å². The van der Waals surface area contributed by atoms with Gasteiger partial charge in [0, 0.05) is 5.56 Å².